The third-order valence-corrected chi connectivity index (χ3v) is 7.34. The Bertz CT molecular complexity index is 1090. The molecule has 0 aliphatic carbocycles. The standard InChI is InChI=1S/C24H33N3O6S/c1-16-14-27(17(2)15-28)24(29)12-18-11-19(5-10-22(18)33-23(16)13-25-3)26-34(30,31)21-8-6-20(32-4)7-9-21/h5-11,16-17,23,25-26,28H,12-15H2,1-4H3/t16-,17+,23-/m1/s1. The average Bonchev–Trinajstić information content (AvgIpc) is 2.86. The van der Waals surface area contributed by atoms with Crippen LogP contribution in [-0.2, 0) is 21.2 Å². The molecule has 0 unspecified atom stereocenters. The van der Waals surface area contributed by atoms with Crippen LogP contribution in [-0.4, -0.2) is 70.3 Å². The number of aliphatic hydroxyl groups excluding tert-OH is 1. The Morgan fingerprint density at radius 1 is 1.24 bits per heavy atom. The second kappa shape index (κ2) is 11.1. The number of fused-ring (bicyclic) bond motifs is 1. The number of nitrogens with zero attached hydrogens (tertiary/aromatic N) is 1. The van der Waals surface area contributed by atoms with Crippen molar-refractivity contribution in [2.45, 2.75) is 37.3 Å². The van der Waals surface area contributed by atoms with E-state index in [1.165, 1.54) is 19.2 Å². The van der Waals surface area contributed by atoms with Gasteiger partial charge in [-0.3, -0.25) is 9.52 Å². The highest BCUT2D eigenvalue weighted by atomic mass is 32.2. The largest absolute Gasteiger partial charge is 0.497 e. The topological polar surface area (TPSA) is 117 Å². The Morgan fingerprint density at radius 3 is 2.56 bits per heavy atom. The highest BCUT2D eigenvalue weighted by molar-refractivity contribution is 7.92. The summed E-state index contributed by atoms with van der Waals surface area (Å²) in [5, 5.41) is 12.8. The van der Waals surface area contributed by atoms with E-state index in [1.807, 2.05) is 14.0 Å². The summed E-state index contributed by atoms with van der Waals surface area (Å²) < 4.78 is 39.7. The maximum absolute atomic E-state index is 13.2. The summed E-state index contributed by atoms with van der Waals surface area (Å²) >= 11 is 0. The van der Waals surface area contributed by atoms with Gasteiger partial charge in [0.05, 0.1) is 31.1 Å². The number of sulfonamides is 1. The summed E-state index contributed by atoms with van der Waals surface area (Å²) in [5.74, 6) is 0.938. The third kappa shape index (κ3) is 5.99. The molecule has 1 aliphatic heterocycles. The van der Waals surface area contributed by atoms with Gasteiger partial charge in [-0.15, -0.1) is 0 Å². The highest BCUT2D eigenvalue weighted by Gasteiger charge is 2.30. The predicted molar refractivity (Wildman–Crippen MR) is 130 cm³/mol. The van der Waals surface area contributed by atoms with Gasteiger partial charge in [-0.05, 0) is 56.4 Å². The maximum Gasteiger partial charge on any atom is 0.261 e. The van der Waals surface area contributed by atoms with E-state index < -0.39 is 10.0 Å². The number of nitrogens with one attached hydrogen (secondary N) is 2. The summed E-state index contributed by atoms with van der Waals surface area (Å²) in [5.41, 5.74) is 0.899. The second-order valence-corrected chi connectivity index (χ2v) is 10.2. The van der Waals surface area contributed by atoms with E-state index >= 15 is 0 Å². The first-order valence-electron chi connectivity index (χ1n) is 11.2. The molecule has 0 aromatic heterocycles. The molecule has 1 amide bonds. The fourth-order valence-corrected chi connectivity index (χ4v) is 4.96. The number of anilines is 1. The Hall–Kier alpha value is -2.82. The molecule has 9 nitrogen and oxygen atoms in total. The van der Waals surface area contributed by atoms with Crippen molar-refractivity contribution in [1.82, 2.24) is 10.2 Å². The van der Waals surface area contributed by atoms with Crippen LogP contribution in [0, 0.1) is 5.92 Å². The summed E-state index contributed by atoms with van der Waals surface area (Å²) in [4.78, 5) is 14.9. The summed E-state index contributed by atoms with van der Waals surface area (Å²) in [6.07, 6.45) is -0.193. The minimum atomic E-state index is -3.84. The number of carbonyl (C=O) groups excluding carboxylic acids is 1. The summed E-state index contributed by atoms with van der Waals surface area (Å²) in [7, 11) is -0.500. The van der Waals surface area contributed by atoms with E-state index in [0.29, 0.717) is 35.8 Å². The minimum absolute atomic E-state index is 0.00426. The lowest BCUT2D eigenvalue weighted by molar-refractivity contribution is -0.134. The first kappa shape index (κ1) is 25.8. The van der Waals surface area contributed by atoms with E-state index in [4.69, 9.17) is 9.47 Å². The molecule has 3 atom stereocenters. The highest BCUT2D eigenvalue weighted by Crippen LogP contribution is 2.30. The summed E-state index contributed by atoms with van der Waals surface area (Å²) in [6.45, 7) is 4.68. The van der Waals surface area contributed by atoms with Gasteiger partial charge in [-0.2, -0.15) is 0 Å². The van der Waals surface area contributed by atoms with E-state index in [2.05, 4.69) is 10.0 Å². The van der Waals surface area contributed by atoms with Crippen LogP contribution in [0.2, 0.25) is 0 Å². The van der Waals surface area contributed by atoms with Gasteiger partial charge in [0.1, 0.15) is 17.6 Å². The molecule has 2 aromatic rings. The lowest BCUT2D eigenvalue weighted by atomic mass is 10.0. The number of hydrogen-bond acceptors (Lipinski definition) is 7. The van der Waals surface area contributed by atoms with Crippen molar-refractivity contribution in [1.29, 1.82) is 0 Å². The van der Waals surface area contributed by atoms with Crippen molar-refractivity contribution >= 4 is 21.6 Å². The van der Waals surface area contributed by atoms with Crippen LogP contribution in [0.5, 0.6) is 11.5 Å². The zero-order chi connectivity index (χ0) is 24.9. The quantitative estimate of drug-likeness (QED) is 0.516. The molecule has 2 aromatic carbocycles. The molecule has 186 valence electrons. The summed E-state index contributed by atoms with van der Waals surface area (Å²) in [6, 6.07) is 10.7. The van der Waals surface area contributed by atoms with Gasteiger partial charge in [0.15, 0.2) is 0 Å². The Morgan fingerprint density at radius 2 is 1.94 bits per heavy atom. The zero-order valence-electron chi connectivity index (χ0n) is 19.9. The maximum atomic E-state index is 13.2. The molecule has 0 saturated carbocycles. The third-order valence-electron chi connectivity index (χ3n) is 5.94. The number of likely N-dealkylation sites (N-methyl/N-ethyl adjacent to an activating group) is 1. The zero-order valence-corrected chi connectivity index (χ0v) is 20.8. The molecule has 0 fully saturated rings. The fraction of sp³-hybridized carbons (Fsp3) is 0.458. The normalized spacial score (nSPS) is 19.8. The molecule has 0 spiro atoms. The van der Waals surface area contributed by atoms with Crippen molar-refractivity contribution in [2.75, 3.05) is 38.6 Å². The molecule has 3 N–H and O–H groups in total. The Balaban J connectivity index is 1.94. The van der Waals surface area contributed by atoms with E-state index in [1.54, 1.807) is 42.2 Å². The van der Waals surface area contributed by atoms with Crippen molar-refractivity contribution in [3.63, 3.8) is 0 Å². The average molecular weight is 492 g/mol. The number of aliphatic hydroxyl groups is 1. The molecular formula is C24H33N3O6S. The smallest absolute Gasteiger partial charge is 0.261 e. The van der Waals surface area contributed by atoms with Crippen LogP contribution in [0.15, 0.2) is 47.4 Å². The van der Waals surface area contributed by atoms with Gasteiger partial charge in [0.2, 0.25) is 5.91 Å². The minimum Gasteiger partial charge on any atom is -0.497 e. The van der Waals surface area contributed by atoms with Gasteiger partial charge in [-0.1, -0.05) is 6.92 Å². The molecule has 10 heteroatoms. The van der Waals surface area contributed by atoms with Crippen molar-refractivity contribution in [2.24, 2.45) is 5.92 Å². The first-order valence-corrected chi connectivity index (χ1v) is 12.7. The molecule has 0 saturated heterocycles. The number of carbonyl (C=O) groups is 1. The Kier molecular flexibility index (Phi) is 8.40. The van der Waals surface area contributed by atoms with Crippen molar-refractivity contribution in [3.8, 4) is 11.5 Å². The first-order chi connectivity index (χ1) is 16.2. The van der Waals surface area contributed by atoms with Crippen LogP contribution < -0.4 is 19.5 Å². The molecule has 1 heterocycles. The molecule has 0 bridgehead atoms. The van der Waals surface area contributed by atoms with Gasteiger partial charge in [0, 0.05) is 30.3 Å². The van der Waals surface area contributed by atoms with E-state index in [-0.39, 0.29) is 41.9 Å². The van der Waals surface area contributed by atoms with Gasteiger partial charge < -0.3 is 24.8 Å². The van der Waals surface area contributed by atoms with Crippen LogP contribution >= 0.6 is 0 Å². The molecular weight excluding hydrogens is 458 g/mol. The Labute approximate surface area is 201 Å². The van der Waals surface area contributed by atoms with Crippen LogP contribution in [0.3, 0.4) is 0 Å². The monoisotopic (exact) mass is 491 g/mol. The van der Waals surface area contributed by atoms with Crippen LogP contribution in [0.25, 0.3) is 0 Å². The number of ether oxygens (including phenoxy) is 2. The van der Waals surface area contributed by atoms with Crippen molar-refractivity contribution in [3.05, 3.63) is 48.0 Å². The molecule has 1 aliphatic rings. The van der Waals surface area contributed by atoms with Gasteiger partial charge >= 0.3 is 0 Å². The SMILES string of the molecule is CNC[C@H]1Oc2ccc(NS(=O)(=O)c3ccc(OC)cc3)cc2CC(=O)N([C@@H](C)CO)C[C@H]1C. The molecule has 0 radical (unpaired) electrons. The number of methoxy groups -OCH3 is 1. The van der Waals surface area contributed by atoms with Gasteiger partial charge in [-0.25, -0.2) is 8.42 Å². The number of hydrogen-bond donors (Lipinski definition) is 3. The lowest BCUT2D eigenvalue weighted by Crippen LogP contribution is -2.47. The van der Waals surface area contributed by atoms with E-state index in [0.717, 1.165) is 0 Å². The van der Waals surface area contributed by atoms with E-state index in [9.17, 15) is 18.3 Å². The molecule has 3 rings (SSSR count). The fourth-order valence-electron chi connectivity index (χ4n) is 3.91. The lowest BCUT2D eigenvalue weighted by Gasteiger charge is -2.32. The van der Waals surface area contributed by atoms with Crippen LogP contribution in [0.1, 0.15) is 19.4 Å². The van der Waals surface area contributed by atoms with Crippen molar-refractivity contribution < 1.29 is 27.8 Å². The predicted octanol–water partition coefficient (Wildman–Crippen LogP) is 1.86. The second-order valence-electron chi connectivity index (χ2n) is 8.55. The van der Waals surface area contributed by atoms with Crippen LogP contribution in [0.4, 0.5) is 5.69 Å². The number of rotatable bonds is 8. The molecule has 34 heavy (non-hydrogen) atoms. The van der Waals surface area contributed by atoms with Gasteiger partial charge in [0.25, 0.3) is 10.0 Å². The number of amides is 1. The number of benzene rings is 2.